The Morgan fingerprint density at radius 2 is 1.77 bits per heavy atom. The molecule has 164 valence electrons. The second-order valence-corrected chi connectivity index (χ2v) is 9.75. The van der Waals surface area contributed by atoms with Crippen LogP contribution in [0, 0.1) is 0 Å². The smallest absolute Gasteiger partial charge is 0.255 e. The maximum atomic E-state index is 12.7. The fourth-order valence-electron chi connectivity index (χ4n) is 4.04. The third-order valence-electron chi connectivity index (χ3n) is 5.69. The lowest BCUT2D eigenvalue weighted by atomic mass is 10.2. The number of carbonyl (C=O) groups is 1. The fraction of sp³-hybridized carbons (Fsp3) is 0.500. The third kappa shape index (κ3) is 5.44. The summed E-state index contributed by atoms with van der Waals surface area (Å²) >= 11 is 3.51. The Morgan fingerprint density at radius 3 is 2.57 bits per heavy atom. The molecule has 2 aliphatic heterocycles. The average molecular weight is 468 g/mol. The number of para-hydroxylation sites is 2. The Balaban J connectivity index is 0.00000256. The molecule has 2 aromatic rings. The number of hydrogen-bond acceptors (Lipinski definition) is 6. The highest BCUT2D eigenvalue weighted by atomic mass is 35.5. The minimum Gasteiger partial charge on any atom is -0.495 e. The SMILES string of the molecule is COc1ccccc1N1CCN(CCCCN2CCSc3sccc3C2=O)CC1.Cl. The van der Waals surface area contributed by atoms with E-state index in [4.69, 9.17) is 4.74 Å². The first-order valence-corrected chi connectivity index (χ1v) is 12.2. The highest BCUT2D eigenvalue weighted by molar-refractivity contribution is 8.01. The molecule has 0 unspecified atom stereocenters. The van der Waals surface area contributed by atoms with Crippen LogP contribution in [0.4, 0.5) is 5.69 Å². The first-order chi connectivity index (χ1) is 14.3. The van der Waals surface area contributed by atoms with Crippen molar-refractivity contribution in [1.82, 2.24) is 9.80 Å². The number of thiophene rings is 1. The van der Waals surface area contributed by atoms with Crippen LogP contribution >= 0.6 is 35.5 Å². The lowest BCUT2D eigenvalue weighted by molar-refractivity contribution is 0.0761. The lowest BCUT2D eigenvalue weighted by Gasteiger charge is -2.36. The molecule has 0 radical (unpaired) electrons. The van der Waals surface area contributed by atoms with Crippen molar-refractivity contribution >= 4 is 47.1 Å². The standard InChI is InChI=1S/C22H29N3O2S2.ClH/c1-27-20-7-3-2-6-19(20)24-13-11-23(12-14-24)9-4-5-10-25-15-17-29-22-18(21(25)26)8-16-28-22;/h2-3,6-8,16H,4-5,9-15,17H2,1H3;1H. The number of carbonyl (C=O) groups excluding carboxylic acids is 1. The van der Waals surface area contributed by atoms with Crippen molar-refractivity contribution in [3.8, 4) is 5.75 Å². The van der Waals surface area contributed by atoms with Gasteiger partial charge in [0.15, 0.2) is 0 Å². The zero-order chi connectivity index (χ0) is 20.1. The molecular formula is C22H30ClN3O2S2. The summed E-state index contributed by atoms with van der Waals surface area (Å²) in [5, 5.41) is 2.03. The van der Waals surface area contributed by atoms with Gasteiger partial charge in [-0.25, -0.2) is 0 Å². The van der Waals surface area contributed by atoms with Crippen molar-refractivity contribution in [3.63, 3.8) is 0 Å². The maximum Gasteiger partial charge on any atom is 0.255 e. The van der Waals surface area contributed by atoms with Crippen LogP contribution < -0.4 is 9.64 Å². The Hall–Kier alpha value is -1.41. The molecule has 3 heterocycles. The average Bonchev–Trinajstić information content (AvgIpc) is 3.18. The van der Waals surface area contributed by atoms with E-state index in [9.17, 15) is 4.79 Å². The molecule has 5 nitrogen and oxygen atoms in total. The van der Waals surface area contributed by atoms with Gasteiger partial charge in [-0.2, -0.15) is 0 Å². The first kappa shape index (κ1) is 23.3. The second-order valence-electron chi connectivity index (χ2n) is 7.47. The van der Waals surface area contributed by atoms with Crippen LogP contribution in [-0.2, 0) is 0 Å². The molecule has 0 N–H and O–H groups in total. The molecule has 1 aromatic heterocycles. The number of benzene rings is 1. The van der Waals surface area contributed by atoms with Crippen LogP contribution in [0.2, 0.25) is 0 Å². The van der Waals surface area contributed by atoms with E-state index in [2.05, 4.69) is 21.9 Å². The van der Waals surface area contributed by atoms with E-state index in [-0.39, 0.29) is 18.3 Å². The van der Waals surface area contributed by atoms with E-state index in [1.165, 1.54) is 9.90 Å². The molecule has 30 heavy (non-hydrogen) atoms. The number of unbranched alkanes of at least 4 members (excludes halogenated alkanes) is 1. The van der Waals surface area contributed by atoms with Gasteiger partial charge in [0.05, 0.1) is 22.6 Å². The summed E-state index contributed by atoms with van der Waals surface area (Å²) in [6.07, 6.45) is 2.21. The normalized spacial score (nSPS) is 17.3. The number of ether oxygens (including phenoxy) is 1. The predicted molar refractivity (Wildman–Crippen MR) is 129 cm³/mol. The molecule has 0 atom stereocenters. The molecule has 1 aromatic carbocycles. The number of nitrogens with zero attached hydrogens (tertiary/aromatic N) is 3. The van der Waals surface area contributed by atoms with Gasteiger partial charge < -0.3 is 14.5 Å². The number of hydrogen-bond donors (Lipinski definition) is 0. The van der Waals surface area contributed by atoms with E-state index in [1.54, 1.807) is 18.4 Å². The summed E-state index contributed by atoms with van der Waals surface area (Å²) in [5.74, 6) is 2.18. The van der Waals surface area contributed by atoms with Gasteiger partial charge in [-0.3, -0.25) is 9.69 Å². The van der Waals surface area contributed by atoms with Gasteiger partial charge in [-0.1, -0.05) is 12.1 Å². The van der Waals surface area contributed by atoms with Crippen molar-refractivity contribution in [2.45, 2.75) is 17.1 Å². The molecule has 0 spiro atoms. The van der Waals surface area contributed by atoms with E-state index in [0.717, 1.165) is 75.7 Å². The number of halogens is 1. The minimum absolute atomic E-state index is 0. The van der Waals surface area contributed by atoms with Gasteiger partial charge in [-0.05, 0) is 43.0 Å². The van der Waals surface area contributed by atoms with Gasteiger partial charge in [0.1, 0.15) is 5.75 Å². The molecule has 0 saturated carbocycles. The summed E-state index contributed by atoms with van der Waals surface area (Å²) in [4.78, 5) is 19.7. The van der Waals surface area contributed by atoms with Crippen molar-refractivity contribution in [3.05, 3.63) is 41.3 Å². The molecule has 0 aliphatic carbocycles. The summed E-state index contributed by atoms with van der Waals surface area (Å²) in [6, 6.07) is 10.2. The van der Waals surface area contributed by atoms with E-state index < -0.39 is 0 Å². The zero-order valence-corrected chi connectivity index (χ0v) is 19.9. The number of anilines is 1. The highest BCUT2D eigenvalue weighted by Gasteiger charge is 2.23. The van der Waals surface area contributed by atoms with E-state index in [0.29, 0.717) is 0 Å². The molecule has 1 fully saturated rings. The molecule has 2 aliphatic rings. The predicted octanol–water partition coefficient (Wildman–Crippen LogP) is 4.33. The minimum atomic E-state index is 0. The Bertz CT molecular complexity index is 824. The van der Waals surface area contributed by atoms with Crippen LogP contribution in [0.5, 0.6) is 5.75 Å². The summed E-state index contributed by atoms with van der Waals surface area (Å²) < 4.78 is 6.69. The Morgan fingerprint density at radius 1 is 1.00 bits per heavy atom. The molecule has 4 rings (SSSR count). The van der Waals surface area contributed by atoms with Crippen molar-refractivity contribution < 1.29 is 9.53 Å². The summed E-state index contributed by atoms with van der Waals surface area (Å²) in [5.41, 5.74) is 2.10. The zero-order valence-electron chi connectivity index (χ0n) is 17.4. The van der Waals surface area contributed by atoms with Gasteiger partial charge in [0.2, 0.25) is 0 Å². The Labute approximate surface area is 193 Å². The van der Waals surface area contributed by atoms with Crippen LogP contribution in [0.1, 0.15) is 23.2 Å². The largest absolute Gasteiger partial charge is 0.495 e. The number of thioether (sulfide) groups is 1. The van der Waals surface area contributed by atoms with Crippen LogP contribution in [0.3, 0.4) is 0 Å². The second kappa shape index (κ2) is 11.3. The Kier molecular flexibility index (Phi) is 8.74. The van der Waals surface area contributed by atoms with Gasteiger partial charge >= 0.3 is 0 Å². The molecule has 8 heteroatoms. The van der Waals surface area contributed by atoms with Crippen LogP contribution in [-0.4, -0.2) is 74.4 Å². The lowest BCUT2D eigenvalue weighted by Crippen LogP contribution is -2.46. The number of rotatable bonds is 7. The fourth-order valence-corrected chi connectivity index (χ4v) is 6.15. The van der Waals surface area contributed by atoms with Crippen molar-refractivity contribution in [2.75, 3.05) is 63.6 Å². The number of amides is 1. The van der Waals surface area contributed by atoms with Gasteiger partial charge in [0, 0.05) is 45.0 Å². The van der Waals surface area contributed by atoms with Crippen LogP contribution in [0.15, 0.2) is 39.9 Å². The van der Waals surface area contributed by atoms with Gasteiger partial charge in [0.25, 0.3) is 5.91 Å². The van der Waals surface area contributed by atoms with E-state index >= 15 is 0 Å². The van der Waals surface area contributed by atoms with Crippen LogP contribution in [0.25, 0.3) is 0 Å². The summed E-state index contributed by atoms with van der Waals surface area (Å²) in [6.45, 7) is 7.07. The molecular weight excluding hydrogens is 438 g/mol. The van der Waals surface area contributed by atoms with Gasteiger partial charge in [-0.15, -0.1) is 35.5 Å². The number of fused-ring (bicyclic) bond motifs is 1. The third-order valence-corrected chi connectivity index (χ3v) is 7.91. The van der Waals surface area contributed by atoms with E-state index in [1.807, 2.05) is 40.2 Å². The molecule has 0 bridgehead atoms. The molecule has 1 saturated heterocycles. The maximum absolute atomic E-state index is 12.7. The number of methoxy groups -OCH3 is 1. The first-order valence-electron chi connectivity index (χ1n) is 10.4. The monoisotopic (exact) mass is 467 g/mol. The van der Waals surface area contributed by atoms with Crippen molar-refractivity contribution in [2.24, 2.45) is 0 Å². The quantitative estimate of drug-likeness (QED) is 0.566. The number of piperazine rings is 1. The highest BCUT2D eigenvalue weighted by Crippen LogP contribution is 2.32. The van der Waals surface area contributed by atoms with Crippen molar-refractivity contribution in [1.29, 1.82) is 0 Å². The summed E-state index contributed by atoms with van der Waals surface area (Å²) in [7, 11) is 1.74. The molecule has 1 amide bonds. The topological polar surface area (TPSA) is 36.0 Å².